The second-order valence-electron chi connectivity index (χ2n) is 5.17. The SMILES string of the molecule is CNC(=O)CCN(C)c1ccc(CNC(C)C)cc1Br. The highest BCUT2D eigenvalue weighted by Gasteiger charge is 2.08. The van der Waals surface area contributed by atoms with Crippen LogP contribution in [0.25, 0.3) is 0 Å². The van der Waals surface area contributed by atoms with Crippen molar-refractivity contribution in [3.8, 4) is 0 Å². The molecule has 0 aliphatic carbocycles. The Morgan fingerprint density at radius 1 is 1.40 bits per heavy atom. The molecule has 0 saturated heterocycles. The molecule has 20 heavy (non-hydrogen) atoms. The summed E-state index contributed by atoms with van der Waals surface area (Å²) < 4.78 is 1.06. The third-order valence-electron chi connectivity index (χ3n) is 3.09. The molecule has 1 aromatic carbocycles. The number of rotatable bonds is 7. The van der Waals surface area contributed by atoms with E-state index in [0.717, 1.165) is 16.7 Å². The van der Waals surface area contributed by atoms with Gasteiger partial charge in [-0.1, -0.05) is 19.9 Å². The molecule has 0 spiro atoms. The standard InChI is InChI=1S/C15H24BrN3O/c1-11(2)18-10-12-5-6-14(13(16)9-12)19(4)8-7-15(20)17-3/h5-6,9,11,18H,7-8,10H2,1-4H3,(H,17,20). The maximum Gasteiger partial charge on any atom is 0.221 e. The fourth-order valence-electron chi connectivity index (χ4n) is 1.81. The van der Waals surface area contributed by atoms with Gasteiger partial charge in [0.25, 0.3) is 0 Å². The number of nitrogens with zero attached hydrogens (tertiary/aromatic N) is 1. The summed E-state index contributed by atoms with van der Waals surface area (Å²) in [5.74, 6) is 0.0609. The number of amides is 1. The lowest BCUT2D eigenvalue weighted by Gasteiger charge is -2.21. The Labute approximate surface area is 130 Å². The fourth-order valence-corrected chi connectivity index (χ4v) is 2.54. The molecule has 0 aromatic heterocycles. The summed E-state index contributed by atoms with van der Waals surface area (Å²) >= 11 is 3.61. The van der Waals surface area contributed by atoms with E-state index in [1.807, 2.05) is 7.05 Å². The minimum atomic E-state index is 0.0609. The Bertz CT molecular complexity index is 449. The van der Waals surface area contributed by atoms with Gasteiger partial charge in [-0.25, -0.2) is 0 Å². The van der Waals surface area contributed by atoms with E-state index in [0.29, 0.717) is 19.0 Å². The van der Waals surface area contributed by atoms with Gasteiger partial charge in [0.15, 0.2) is 0 Å². The van der Waals surface area contributed by atoms with Crippen LogP contribution in [-0.2, 0) is 11.3 Å². The molecule has 0 bridgehead atoms. The zero-order chi connectivity index (χ0) is 15.1. The van der Waals surface area contributed by atoms with Crippen molar-refractivity contribution in [2.75, 3.05) is 25.5 Å². The van der Waals surface area contributed by atoms with Gasteiger partial charge < -0.3 is 15.5 Å². The van der Waals surface area contributed by atoms with Crippen molar-refractivity contribution in [2.45, 2.75) is 32.9 Å². The lowest BCUT2D eigenvalue weighted by atomic mass is 10.2. The third-order valence-corrected chi connectivity index (χ3v) is 3.73. The fraction of sp³-hybridized carbons (Fsp3) is 0.533. The minimum absolute atomic E-state index is 0.0609. The Morgan fingerprint density at radius 2 is 2.10 bits per heavy atom. The van der Waals surface area contributed by atoms with Crippen LogP contribution < -0.4 is 15.5 Å². The van der Waals surface area contributed by atoms with Crippen molar-refractivity contribution in [1.29, 1.82) is 0 Å². The van der Waals surface area contributed by atoms with Gasteiger partial charge >= 0.3 is 0 Å². The molecular weight excluding hydrogens is 318 g/mol. The van der Waals surface area contributed by atoms with Gasteiger partial charge in [-0.2, -0.15) is 0 Å². The lowest BCUT2D eigenvalue weighted by molar-refractivity contribution is -0.120. The molecule has 2 N–H and O–H groups in total. The molecular formula is C15H24BrN3O. The number of halogens is 1. The van der Waals surface area contributed by atoms with Gasteiger partial charge in [-0.05, 0) is 33.6 Å². The molecule has 4 nitrogen and oxygen atoms in total. The van der Waals surface area contributed by atoms with Gasteiger partial charge in [-0.3, -0.25) is 4.79 Å². The van der Waals surface area contributed by atoms with E-state index in [4.69, 9.17) is 0 Å². The molecule has 0 aliphatic heterocycles. The van der Waals surface area contributed by atoms with E-state index < -0.39 is 0 Å². The summed E-state index contributed by atoms with van der Waals surface area (Å²) in [5.41, 5.74) is 2.34. The lowest BCUT2D eigenvalue weighted by Crippen LogP contribution is -2.26. The topological polar surface area (TPSA) is 44.4 Å². The summed E-state index contributed by atoms with van der Waals surface area (Å²) in [4.78, 5) is 13.4. The number of hydrogen-bond donors (Lipinski definition) is 2. The molecule has 0 radical (unpaired) electrons. The average Bonchev–Trinajstić information content (AvgIpc) is 2.42. The summed E-state index contributed by atoms with van der Waals surface area (Å²) in [7, 11) is 3.66. The van der Waals surface area contributed by atoms with Crippen molar-refractivity contribution < 1.29 is 4.79 Å². The van der Waals surface area contributed by atoms with Crippen LogP contribution in [0.2, 0.25) is 0 Å². The quantitative estimate of drug-likeness (QED) is 0.800. The molecule has 0 heterocycles. The minimum Gasteiger partial charge on any atom is -0.373 e. The molecule has 0 atom stereocenters. The van der Waals surface area contributed by atoms with Crippen LogP contribution in [0.1, 0.15) is 25.8 Å². The molecule has 1 rings (SSSR count). The first-order chi connectivity index (χ1) is 9.43. The Hall–Kier alpha value is -1.07. The molecule has 0 saturated carbocycles. The first-order valence-corrected chi connectivity index (χ1v) is 7.67. The number of carbonyl (C=O) groups is 1. The molecule has 0 aliphatic rings. The molecule has 112 valence electrons. The van der Waals surface area contributed by atoms with Crippen molar-refractivity contribution in [1.82, 2.24) is 10.6 Å². The average molecular weight is 342 g/mol. The molecule has 1 aromatic rings. The highest BCUT2D eigenvalue weighted by Crippen LogP contribution is 2.26. The Balaban J connectivity index is 2.64. The first-order valence-electron chi connectivity index (χ1n) is 6.87. The van der Waals surface area contributed by atoms with Crippen LogP contribution >= 0.6 is 15.9 Å². The van der Waals surface area contributed by atoms with Gasteiger partial charge in [0, 0.05) is 44.1 Å². The van der Waals surface area contributed by atoms with Gasteiger partial charge in [0.2, 0.25) is 5.91 Å². The van der Waals surface area contributed by atoms with Crippen LogP contribution in [0.4, 0.5) is 5.69 Å². The molecule has 0 fully saturated rings. The van der Waals surface area contributed by atoms with Crippen LogP contribution in [0.5, 0.6) is 0 Å². The highest BCUT2D eigenvalue weighted by molar-refractivity contribution is 9.10. The van der Waals surface area contributed by atoms with E-state index in [1.54, 1.807) is 7.05 Å². The van der Waals surface area contributed by atoms with Crippen molar-refractivity contribution >= 4 is 27.5 Å². The summed E-state index contributed by atoms with van der Waals surface area (Å²) in [6.45, 7) is 5.83. The molecule has 0 unspecified atom stereocenters. The van der Waals surface area contributed by atoms with Crippen molar-refractivity contribution in [3.05, 3.63) is 28.2 Å². The van der Waals surface area contributed by atoms with Crippen LogP contribution in [0.3, 0.4) is 0 Å². The smallest absolute Gasteiger partial charge is 0.221 e. The number of benzene rings is 1. The van der Waals surface area contributed by atoms with E-state index in [-0.39, 0.29) is 5.91 Å². The Kier molecular flexibility index (Phi) is 7.02. The number of nitrogens with one attached hydrogen (secondary N) is 2. The number of hydrogen-bond acceptors (Lipinski definition) is 3. The summed E-state index contributed by atoms with van der Waals surface area (Å²) in [5, 5.41) is 6.04. The zero-order valence-corrected chi connectivity index (χ0v) is 14.3. The largest absolute Gasteiger partial charge is 0.373 e. The maximum absolute atomic E-state index is 11.3. The first kappa shape index (κ1) is 17.0. The van der Waals surface area contributed by atoms with Gasteiger partial charge in [0.05, 0.1) is 5.69 Å². The van der Waals surface area contributed by atoms with E-state index in [1.165, 1.54) is 5.56 Å². The van der Waals surface area contributed by atoms with Crippen LogP contribution in [0, 0.1) is 0 Å². The maximum atomic E-state index is 11.3. The second-order valence-corrected chi connectivity index (χ2v) is 6.02. The van der Waals surface area contributed by atoms with Crippen molar-refractivity contribution in [2.24, 2.45) is 0 Å². The normalized spacial score (nSPS) is 10.7. The third kappa shape index (κ3) is 5.51. The number of anilines is 1. The molecule has 5 heteroatoms. The zero-order valence-electron chi connectivity index (χ0n) is 12.7. The van der Waals surface area contributed by atoms with E-state index in [2.05, 4.69) is 63.5 Å². The number of carbonyl (C=O) groups excluding carboxylic acids is 1. The summed E-state index contributed by atoms with van der Waals surface area (Å²) in [6.07, 6.45) is 0.496. The predicted octanol–water partition coefficient (Wildman–Crippen LogP) is 2.52. The van der Waals surface area contributed by atoms with Crippen LogP contribution in [0.15, 0.2) is 22.7 Å². The van der Waals surface area contributed by atoms with Crippen molar-refractivity contribution in [3.63, 3.8) is 0 Å². The highest BCUT2D eigenvalue weighted by atomic mass is 79.9. The van der Waals surface area contributed by atoms with Gasteiger partial charge in [0.1, 0.15) is 0 Å². The summed E-state index contributed by atoms with van der Waals surface area (Å²) in [6, 6.07) is 6.81. The van der Waals surface area contributed by atoms with E-state index >= 15 is 0 Å². The van der Waals surface area contributed by atoms with E-state index in [9.17, 15) is 4.79 Å². The molecule has 1 amide bonds. The Morgan fingerprint density at radius 3 is 2.65 bits per heavy atom. The predicted molar refractivity (Wildman–Crippen MR) is 88.1 cm³/mol. The van der Waals surface area contributed by atoms with Gasteiger partial charge in [-0.15, -0.1) is 0 Å². The van der Waals surface area contributed by atoms with Crippen LogP contribution in [-0.4, -0.2) is 32.6 Å². The second kappa shape index (κ2) is 8.27. The monoisotopic (exact) mass is 341 g/mol.